The normalized spacial score (nSPS) is 9.65. The van der Waals surface area contributed by atoms with Crippen molar-refractivity contribution in [1.82, 2.24) is 4.90 Å². The molecular formula is C14H15FN2O3. The molecule has 5 nitrogen and oxygen atoms in total. The van der Waals surface area contributed by atoms with Crippen LogP contribution in [-0.4, -0.2) is 41.6 Å². The third kappa shape index (κ3) is 3.72. The summed E-state index contributed by atoms with van der Waals surface area (Å²) < 4.78 is 13.7. The van der Waals surface area contributed by atoms with Gasteiger partial charge in [0.05, 0.1) is 12.2 Å². The number of anilines is 1. The molecule has 0 bridgehead atoms. The van der Waals surface area contributed by atoms with Gasteiger partial charge < -0.3 is 10.0 Å². The zero-order valence-electron chi connectivity index (χ0n) is 11.0. The van der Waals surface area contributed by atoms with Crippen molar-refractivity contribution in [3.05, 3.63) is 30.1 Å². The van der Waals surface area contributed by atoms with Gasteiger partial charge in [-0.2, -0.15) is 0 Å². The predicted octanol–water partition coefficient (Wildman–Crippen LogP) is 1.79. The van der Waals surface area contributed by atoms with Crippen molar-refractivity contribution in [2.24, 2.45) is 0 Å². The summed E-state index contributed by atoms with van der Waals surface area (Å²) in [6.45, 7) is 1.17. The summed E-state index contributed by atoms with van der Waals surface area (Å²) in [5.41, 5.74) is 0.0902. The minimum Gasteiger partial charge on any atom is -0.480 e. The molecule has 1 aromatic rings. The van der Waals surface area contributed by atoms with Crippen molar-refractivity contribution in [3.8, 4) is 12.3 Å². The molecule has 0 aliphatic heterocycles. The fourth-order valence-corrected chi connectivity index (χ4v) is 1.71. The van der Waals surface area contributed by atoms with E-state index in [0.717, 1.165) is 9.80 Å². The number of hydrogen-bond donors (Lipinski definition) is 1. The topological polar surface area (TPSA) is 60.9 Å². The summed E-state index contributed by atoms with van der Waals surface area (Å²) in [6, 6.07) is 5.14. The Labute approximate surface area is 116 Å². The first-order valence-electron chi connectivity index (χ1n) is 5.97. The average molecular weight is 278 g/mol. The Hall–Kier alpha value is -2.55. The molecular weight excluding hydrogens is 263 g/mol. The van der Waals surface area contributed by atoms with Crippen molar-refractivity contribution in [3.63, 3.8) is 0 Å². The highest BCUT2D eigenvalue weighted by Gasteiger charge is 2.24. The number of urea groups is 1. The molecule has 0 unspecified atom stereocenters. The first-order chi connectivity index (χ1) is 9.51. The Morgan fingerprint density at radius 2 is 2.05 bits per heavy atom. The number of carbonyl (C=O) groups excluding carboxylic acids is 1. The molecule has 1 aromatic carbocycles. The standard InChI is InChI=1S/C14H15FN2O3/c1-3-9-16(10-13(18)19)14(20)17(4-2)12-8-6-5-7-11(12)15/h1,5-8H,4,9-10H2,2H3,(H,18,19). The van der Waals surface area contributed by atoms with Crippen LogP contribution in [0.5, 0.6) is 0 Å². The molecule has 0 atom stereocenters. The van der Waals surface area contributed by atoms with E-state index >= 15 is 0 Å². The van der Waals surface area contributed by atoms with E-state index < -0.39 is 24.4 Å². The lowest BCUT2D eigenvalue weighted by Crippen LogP contribution is -2.46. The molecule has 0 radical (unpaired) electrons. The van der Waals surface area contributed by atoms with Crippen molar-refractivity contribution < 1.29 is 19.1 Å². The lowest BCUT2D eigenvalue weighted by molar-refractivity contribution is -0.137. The number of carbonyl (C=O) groups is 2. The van der Waals surface area contributed by atoms with Crippen LogP contribution in [0, 0.1) is 18.2 Å². The van der Waals surface area contributed by atoms with Crippen LogP contribution in [0.15, 0.2) is 24.3 Å². The SMILES string of the molecule is C#CCN(CC(=O)O)C(=O)N(CC)c1ccccc1F. The van der Waals surface area contributed by atoms with Gasteiger partial charge in [0, 0.05) is 6.54 Å². The number of para-hydroxylation sites is 1. The molecule has 6 heteroatoms. The zero-order chi connectivity index (χ0) is 15.1. The number of aliphatic carboxylic acids is 1. The summed E-state index contributed by atoms with van der Waals surface area (Å²) in [5, 5.41) is 8.78. The minimum absolute atomic E-state index is 0.0902. The third-order valence-corrected chi connectivity index (χ3v) is 2.57. The van der Waals surface area contributed by atoms with Gasteiger partial charge in [0.1, 0.15) is 12.4 Å². The van der Waals surface area contributed by atoms with Gasteiger partial charge in [-0.05, 0) is 19.1 Å². The lowest BCUT2D eigenvalue weighted by atomic mass is 10.2. The number of rotatable bonds is 5. The molecule has 1 rings (SSSR count). The molecule has 2 amide bonds. The highest BCUT2D eigenvalue weighted by Crippen LogP contribution is 2.19. The van der Waals surface area contributed by atoms with Crippen LogP contribution < -0.4 is 4.90 Å². The predicted molar refractivity (Wildman–Crippen MR) is 72.9 cm³/mol. The summed E-state index contributed by atoms with van der Waals surface area (Å²) >= 11 is 0. The molecule has 0 saturated heterocycles. The molecule has 0 spiro atoms. The fourth-order valence-electron chi connectivity index (χ4n) is 1.71. The summed E-state index contributed by atoms with van der Waals surface area (Å²) in [5.74, 6) is 0.481. The highest BCUT2D eigenvalue weighted by atomic mass is 19.1. The van der Waals surface area contributed by atoms with Gasteiger partial charge in [-0.25, -0.2) is 9.18 Å². The molecule has 0 aromatic heterocycles. The maximum atomic E-state index is 13.7. The molecule has 0 saturated carbocycles. The van der Waals surface area contributed by atoms with Gasteiger partial charge in [-0.1, -0.05) is 18.1 Å². The van der Waals surface area contributed by atoms with E-state index in [2.05, 4.69) is 5.92 Å². The van der Waals surface area contributed by atoms with Crippen LogP contribution in [0.3, 0.4) is 0 Å². The monoisotopic (exact) mass is 278 g/mol. The van der Waals surface area contributed by atoms with Gasteiger partial charge in [0.2, 0.25) is 0 Å². The van der Waals surface area contributed by atoms with E-state index in [-0.39, 0.29) is 18.8 Å². The van der Waals surface area contributed by atoms with Crippen LogP contribution in [0.2, 0.25) is 0 Å². The Morgan fingerprint density at radius 3 is 2.55 bits per heavy atom. The van der Waals surface area contributed by atoms with E-state index in [1.54, 1.807) is 13.0 Å². The number of halogens is 1. The van der Waals surface area contributed by atoms with Crippen LogP contribution in [0.4, 0.5) is 14.9 Å². The number of carboxylic acid groups (broad SMARTS) is 1. The van der Waals surface area contributed by atoms with E-state index in [1.807, 2.05) is 0 Å². The summed E-state index contributed by atoms with van der Waals surface area (Å²) in [6.07, 6.45) is 5.12. The molecule has 0 aliphatic rings. The lowest BCUT2D eigenvalue weighted by Gasteiger charge is -2.28. The fraction of sp³-hybridized carbons (Fsp3) is 0.286. The largest absolute Gasteiger partial charge is 0.480 e. The number of hydrogen-bond acceptors (Lipinski definition) is 2. The number of amides is 2. The van der Waals surface area contributed by atoms with E-state index in [4.69, 9.17) is 11.5 Å². The molecule has 0 fully saturated rings. The van der Waals surface area contributed by atoms with Crippen LogP contribution in [-0.2, 0) is 4.79 Å². The van der Waals surface area contributed by atoms with Crippen LogP contribution in [0.25, 0.3) is 0 Å². The van der Waals surface area contributed by atoms with Gasteiger partial charge >= 0.3 is 12.0 Å². The zero-order valence-corrected chi connectivity index (χ0v) is 11.0. The highest BCUT2D eigenvalue weighted by molar-refractivity contribution is 5.93. The first kappa shape index (κ1) is 15.5. The van der Waals surface area contributed by atoms with Crippen molar-refractivity contribution in [1.29, 1.82) is 0 Å². The first-order valence-corrected chi connectivity index (χ1v) is 5.97. The Bertz CT molecular complexity index is 539. The second-order valence-corrected chi connectivity index (χ2v) is 3.93. The maximum Gasteiger partial charge on any atom is 0.325 e. The van der Waals surface area contributed by atoms with Crippen LogP contribution >= 0.6 is 0 Å². The van der Waals surface area contributed by atoms with Gasteiger partial charge in [-0.3, -0.25) is 9.69 Å². The number of terminal acetylenes is 1. The average Bonchev–Trinajstić information content (AvgIpc) is 2.40. The Morgan fingerprint density at radius 1 is 1.40 bits per heavy atom. The van der Waals surface area contributed by atoms with Gasteiger partial charge in [0.25, 0.3) is 0 Å². The van der Waals surface area contributed by atoms with Crippen molar-refractivity contribution in [2.45, 2.75) is 6.92 Å². The molecule has 0 heterocycles. The Balaban J connectivity index is 3.04. The third-order valence-electron chi connectivity index (χ3n) is 2.57. The van der Waals surface area contributed by atoms with Crippen LogP contribution in [0.1, 0.15) is 6.92 Å². The van der Waals surface area contributed by atoms with Gasteiger partial charge in [-0.15, -0.1) is 6.42 Å². The van der Waals surface area contributed by atoms with Crippen molar-refractivity contribution >= 4 is 17.7 Å². The van der Waals surface area contributed by atoms with E-state index in [0.29, 0.717) is 0 Å². The quantitative estimate of drug-likeness (QED) is 0.835. The molecule has 0 aliphatic carbocycles. The smallest absolute Gasteiger partial charge is 0.325 e. The number of nitrogens with zero attached hydrogens (tertiary/aromatic N) is 2. The summed E-state index contributed by atoms with van der Waals surface area (Å²) in [7, 11) is 0. The maximum absolute atomic E-state index is 13.7. The Kier molecular flexibility index (Phi) is 5.54. The van der Waals surface area contributed by atoms with Crippen molar-refractivity contribution in [2.75, 3.05) is 24.5 Å². The number of benzene rings is 1. The second-order valence-electron chi connectivity index (χ2n) is 3.93. The summed E-state index contributed by atoms with van der Waals surface area (Å²) in [4.78, 5) is 25.1. The van der Waals surface area contributed by atoms with E-state index in [9.17, 15) is 14.0 Å². The molecule has 1 N–H and O–H groups in total. The second kappa shape index (κ2) is 7.14. The number of carboxylic acids is 1. The molecule has 106 valence electrons. The minimum atomic E-state index is -1.18. The van der Waals surface area contributed by atoms with Gasteiger partial charge in [0.15, 0.2) is 0 Å². The van der Waals surface area contributed by atoms with E-state index in [1.165, 1.54) is 18.2 Å². The molecule has 20 heavy (non-hydrogen) atoms.